The second-order valence-corrected chi connectivity index (χ2v) is 6.58. The largest absolute Gasteiger partial charge is 0.475 e. The highest BCUT2D eigenvalue weighted by Gasteiger charge is 2.21. The Morgan fingerprint density at radius 3 is 2.55 bits per heavy atom. The lowest BCUT2D eigenvalue weighted by atomic mass is 10.2. The third kappa shape index (κ3) is 3.20. The number of halogens is 1. The van der Waals surface area contributed by atoms with Gasteiger partial charge in [0, 0.05) is 4.47 Å². The van der Waals surface area contributed by atoms with Crippen LogP contribution >= 0.6 is 15.9 Å². The standard InChI is InChI=1S/C12H10BrNO5S/c1-7-4-8(13)6-9(5-7)14-20(17,18)11-3-2-10(19-11)12(15)16/h2-6,14H,1H3,(H,15,16). The second-order valence-electron chi connectivity index (χ2n) is 4.05. The van der Waals surface area contributed by atoms with Gasteiger partial charge in [0.15, 0.2) is 0 Å². The number of hydrogen-bond acceptors (Lipinski definition) is 4. The van der Waals surface area contributed by atoms with E-state index >= 15 is 0 Å². The van der Waals surface area contributed by atoms with Crippen LogP contribution in [0.3, 0.4) is 0 Å². The fourth-order valence-corrected chi connectivity index (χ4v) is 3.16. The third-order valence-corrected chi connectivity index (χ3v) is 4.06. The number of furan rings is 1. The third-order valence-electron chi connectivity index (χ3n) is 2.35. The monoisotopic (exact) mass is 359 g/mol. The van der Waals surface area contributed by atoms with Crippen molar-refractivity contribution in [2.24, 2.45) is 0 Å². The molecule has 1 heterocycles. The van der Waals surface area contributed by atoms with E-state index in [1.807, 2.05) is 13.0 Å². The number of aryl methyl sites for hydroxylation is 1. The lowest BCUT2D eigenvalue weighted by Gasteiger charge is -2.07. The molecule has 0 saturated carbocycles. The molecule has 8 heteroatoms. The summed E-state index contributed by atoms with van der Waals surface area (Å²) in [5, 5.41) is 8.26. The first-order chi connectivity index (χ1) is 9.28. The van der Waals surface area contributed by atoms with Gasteiger partial charge >= 0.3 is 5.97 Å². The quantitative estimate of drug-likeness (QED) is 0.874. The Morgan fingerprint density at radius 1 is 1.30 bits per heavy atom. The minimum absolute atomic E-state index is 0.352. The number of carboxylic acid groups (broad SMARTS) is 1. The van der Waals surface area contributed by atoms with Crippen molar-refractivity contribution < 1.29 is 22.7 Å². The molecule has 0 bridgehead atoms. The van der Waals surface area contributed by atoms with Crippen LogP contribution in [0.25, 0.3) is 0 Å². The summed E-state index contributed by atoms with van der Waals surface area (Å²) in [7, 11) is -3.96. The Morgan fingerprint density at radius 2 is 2.00 bits per heavy atom. The molecular weight excluding hydrogens is 350 g/mol. The lowest BCUT2D eigenvalue weighted by molar-refractivity contribution is 0.0656. The highest BCUT2D eigenvalue weighted by Crippen LogP contribution is 2.23. The normalized spacial score (nSPS) is 11.3. The molecule has 0 atom stereocenters. The number of aromatic carboxylic acids is 1. The average Bonchev–Trinajstić information content (AvgIpc) is 2.76. The van der Waals surface area contributed by atoms with Crippen LogP contribution < -0.4 is 4.72 Å². The SMILES string of the molecule is Cc1cc(Br)cc(NS(=O)(=O)c2ccc(C(=O)O)o2)c1. The van der Waals surface area contributed by atoms with Crippen LogP contribution in [0.1, 0.15) is 16.1 Å². The number of anilines is 1. The van der Waals surface area contributed by atoms with Gasteiger partial charge in [0.2, 0.25) is 10.9 Å². The van der Waals surface area contributed by atoms with Gasteiger partial charge in [-0.3, -0.25) is 4.72 Å². The van der Waals surface area contributed by atoms with Crippen molar-refractivity contribution in [2.45, 2.75) is 12.0 Å². The smallest absolute Gasteiger partial charge is 0.371 e. The summed E-state index contributed by atoms with van der Waals surface area (Å²) in [5.74, 6) is -1.76. The molecular formula is C12H10BrNO5S. The molecule has 0 aliphatic heterocycles. The minimum Gasteiger partial charge on any atom is -0.475 e. The lowest BCUT2D eigenvalue weighted by Crippen LogP contribution is -2.12. The van der Waals surface area contributed by atoms with Crippen molar-refractivity contribution in [1.29, 1.82) is 0 Å². The van der Waals surface area contributed by atoms with Crippen LogP contribution in [0.5, 0.6) is 0 Å². The van der Waals surface area contributed by atoms with E-state index in [0.717, 1.165) is 22.2 Å². The van der Waals surface area contributed by atoms with Gasteiger partial charge in [0.1, 0.15) is 0 Å². The topological polar surface area (TPSA) is 96.6 Å². The van der Waals surface area contributed by atoms with Crippen molar-refractivity contribution in [2.75, 3.05) is 4.72 Å². The Hall–Kier alpha value is -1.80. The maximum absolute atomic E-state index is 12.0. The van der Waals surface area contributed by atoms with E-state index in [4.69, 9.17) is 9.52 Å². The average molecular weight is 360 g/mol. The molecule has 0 saturated heterocycles. The van der Waals surface area contributed by atoms with E-state index in [1.165, 1.54) is 0 Å². The first-order valence-electron chi connectivity index (χ1n) is 5.41. The molecule has 106 valence electrons. The van der Waals surface area contributed by atoms with Crippen molar-refractivity contribution >= 4 is 37.6 Å². The van der Waals surface area contributed by atoms with Crippen LogP contribution in [-0.4, -0.2) is 19.5 Å². The zero-order chi connectivity index (χ0) is 14.9. The molecule has 0 fully saturated rings. The number of sulfonamides is 1. The zero-order valence-corrected chi connectivity index (χ0v) is 12.7. The predicted octanol–water partition coefficient (Wildman–Crippen LogP) is 2.85. The summed E-state index contributed by atoms with van der Waals surface area (Å²) >= 11 is 3.26. The summed E-state index contributed by atoms with van der Waals surface area (Å²) in [6, 6.07) is 7.24. The van der Waals surface area contributed by atoms with Crippen LogP contribution in [0, 0.1) is 6.92 Å². The molecule has 2 N–H and O–H groups in total. The van der Waals surface area contributed by atoms with Gasteiger partial charge in [-0.1, -0.05) is 15.9 Å². The van der Waals surface area contributed by atoms with E-state index in [9.17, 15) is 13.2 Å². The van der Waals surface area contributed by atoms with Gasteiger partial charge < -0.3 is 9.52 Å². The minimum atomic E-state index is -3.96. The van der Waals surface area contributed by atoms with Gasteiger partial charge in [0.05, 0.1) is 5.69 Å². The summed E-state index contributed by atoms with van der Waals surface area (Å²) < 4.78 is 31.9. The molecule has 0 aliphatic rings. The molecule has 0 radical (unpaired) electrons. The Bertz CT molecular complexity index is 746. The van der Waals surface area contributed by atoms with Gasteiger partial charge in [0.25, 0.3) is 10.0 Å². The van der Waals surface area contributed by atoms with Gasteiger partial charge in [-0.05, 0) is 42.8 Å². The molecule has 0 aliphatic carbocycles. The van der Waals surface area contributed by atoms with Crippen LogP contribution in [0.2, 0.25) is 0 Å². The molecule has 20 heavy (non-hydrogen) atoms. The van der Waals surface area contributed by atoms with Crippen molar-refractivity contribution in [3.05, 3.63) is 46.1 Å². The predicted molar refractivity (Wildman–Crippen MR) is 75.4 cm³/mol. The fourth-order valence-electron chi connectivity index (χ4n) is 1.58. The fraction of sp³-hybridized carbons (Fsp3) is 0.0833. The van der Waals surface area contributed by atoms with E-state index in [-0.39, 0.29) is 0 Å². The Balaban J connectivity index is 2.32. The summed E-state index contributed by atoms with van der Waals surface area (Å²) in [6.45, 7) is 1.82. The molecule has 0 unspecified atom stereocenters. The molecule has 2 aromatic rings. The molecule has 1 aromatic carbocycles. The highest BCUT2D eigenvalue weighted by atomic mass is 79.9. The number of hydrogen-bond donors (Lipinski definition) is 2. The van der Waals surface area contributed by atoms with E-state index < -0.39 is 26.8 Å². The van der Waals surface area contributed by atoms with Crippen LogP contribution in [0.4, 0.5) is 5.69 Å². The van der Waals surface area contributed by atoms with E-state index in [1.54, 1.807) is 12.1 Å². The first-order valence-corrected chi connectivity index (χ1v) is 7.69. The molecule has 0 spiro atoms. The van der Waals surface area contributed by atoms with Gasteiger partial charge in [-0.2, -0.15) is 8.42 Å². The van der Waals surface area contributed by atoms with Crippen molar-refractivity contribution in [3.8, 4) is 0 Å². The molecule has 0 amide bonds. The highest BCUT2D eigenvalue weighted by molar-refractivity contribution is 9.10. The van der Waals surface area contributed by atoms with E-state index in [2.05, 4.69) is 20.7 Å². The number of carbonyl (C=O) groups is 1. The number of rotatable bonds is 4. The molecule has 2 rings (SSSR count). The Kier molecular flexibility index (Phi) is 3.87. The summed E-state index contributed by atoms with van der Waals surface area (Å²) in [6.07, 6.45) is 0. The molecule has 1 aromatic heterocycles. The summed E-state index contributed by atoms with van der Waals surface area (Å²) in [4.78, 5) is 10.7. The van der Waals surface area contributed by atoms with Crippen LogP contribution in [-0.2, 0) is 10.0 Å². The van der Waals surface area contributed by atoms with E-state index in [0.29, 0.717) is 5.69 Å². The first kappa shape index (κ1) is 14.6. The number of benzene rings is 1. The molecule has 6 nitrogen and oxygen atoms in total. The maximum Gasteiger partial charge on any atom is 0.371 e. The number of carboxylic acids is 1. The zero-order valence-electron chi connectivity index (χ0n) is 10.3. The number of nitrogens with one attached hydrogen (secondary N) is 1. The summed E-state index contributed by atoms with van der Waals surface area (Å²) in [5.41, 5.74) is 1.22. The van der Waals surface area contributed by atoms with Crippen molar-refractivity contribution in [3.63, 3.8) is 0 Å². The van der Waals surface area contributed by atoms with Gasteiger partial charge in [-0.25, -0.2) is 4.79 Å². The Labute approximate surface area is 123 Å². The maximum atomic E-state index is 12.0. The van der Waals surface area contributed by atoms with Gasteiger partial charge in [-0.15, -0.1) is 0 Å². The second kappa shape index (κ2) is 5.29. The van der Waals surface area contributed by atoms with Crippen LogP contribution in [0.15, 0.2) is 44.3 Å². The van der Waals surface area contributed by atoms with Crippen molar-refractivity contribution in [1.82, 2.24) is 0 Å².